The Balaban J connectivity index is 1.14. The van der Waals surface area contributed by atoms with Gasteiger partial charge >= 0.3 is 20.3 Å². The van der Waals surface area contributed by atoms with E-state index in [-0.39, 0.29) is 60.6 Å². The number of rotatable bonds is 31. The lowest BCUT2D eigenvalue weighted by molar-refractivity contribution is -0.156. The van der Waals surface area contributed by atoms with Crippen molar-refractivity contribution in [3.05, 3.63) is 181 Å². The molecule has 9 rings (SSSR count). The fraction of sp³-hybridized carbons (Fsp3) is 0.287. The van der Waals surface area contributed by atoms with Crippen LogP contribution in [0.3, 0.4) is 0 Å². The highest BCUT2D eigenvalue weighted by atomic mass is 31.2. The van der Waals surface area contributed by atoms with Crippen molar-refractivity contribution < 1.29 is 79.5 Å². The number of terminal acetylenes is 2. The number of imidazole rings is 1. The summed E-state index contributed by atoms with van der Waals surface area (Å²) in [6, 6.07) is 28.7. The molecule has 2 aliphatic rings. The van der Waals surface area contributed by atoms with Crippen molar-refractivity contribution in [3.63, 3.8) is 0 Å². The monoisotopic (exact) mass is 1990 g/mol. The number of nitrogens with one attached hydrogen (secondary N) is 2. The Morgan fingerprint density at radius 3 is 1.38 bits per heavy atom. The van der Waals surface area contributed by atoms with Crippen LogP contribution in [-0.4, -0.2) is 146 Å². The van der Waals surface area contributed by atoms with Crippen molar-refractivity contribution in [2.45, 2.75) is 166 Å². The van der Waals surface area contributed by atoms with Gasteiger partial charge < -0.3 is 70.0 Å². The number of methoxy groups -OCH3 is 2. The van der Waals surface area contributed by atoms with E-state index in [1.807, 2.05) is 122 Å². The van der Waals surface area contributed by atoms with Crippen LogP contribution in [0.2, 0.25) is 36.3 Å². The first-order valence-electron chi connectivity index (χ1n) is 44.2. The fourth-order valence-corrected chi connectivity index (χ4v) is 16.3. The molecule has 0 bridgehead atoms. The van der Waals surface area contributed by atoms with Crippen LogP contribution >= 0.6 is 8.60 Å². The summed E-state index contributed by atoms with van der Waals surface area (Å²) in [7, 11) is -6.14. The molecule has 0 aliphatic carbocycles. The number of H-pyrrole nitrogens is 1. The largest absolute Gasteiger partial charge is 0.497 e. The molecule has 2 N–H and O–H groups in total. The topological polar surface area (TPSA) is 312 Å². The predicted molar refractivity (Wildman–Crippen MR) is 552 cm³/mol. The van der Waals surface area contributed by atoms with Crippen LogP contribution in [0, 0.1) is 274 Å². The molecule has 2 saturated heterocycles. The average Bonchev–Trinajstić information content (AvgIpc) is 1.46. The predicted octanol–water partition coefficient (Wildman–Crippen LogP) is 10.9. The standard InChI is InChI=1S/C115H89N8O20PSi2/c1-19-21-23-25-27-29-31-33-35-37-39-41-43-45-47-49-51-53-55-60-77-133-94-80-88(81-95(82-94)134-78-61-56-54-52-50-48-46-44-42-40-38-36-34-32-30-28-26-24-22-20-2)108(129)123-98(125)74-76-121(112(123)130)109-103(142-145(15,16)113(6,7)8)101(140-99(126)73-64-87(5)124)97(139-109)84-137-144(136-79-75-116-12)141-102-96(83-135-115(89-62-58-57-59-63-89,90-65-69-92(131-13)70-66-90)91-67-71-93(132-14)72-68-91)138-110(104(102)143-146(17,18)114(9,10)11)122-85-117-100-105(122)118-111(120-107(100)128)119-106(127)86(3)4/h1-2,57-59,62-63,65-72,74,76,80-82,85-86,96-97,101-104,109-110H,64,73,75,79,83-84H2,3-11,13-18H3,(H2,118,119,120,127,128)/t96-,97-,101+,102+,103?,104?,109-,110-,144?/m1/s1. The first-order valence-corrected chi connectivity index (χ1v) is 51.1. The van der Waals surface area contributed by atoms with E-state index < -0.39 is 149 Å². The van der Waals surface area contributed by atoms with Crippen LogP contribution in [0.4, 0.5) is 5.95 Å². The lowest BCUT2D eigenvalue weighted by atomic mass is 9.80. The summed E-state index contributed by atoms with van der Waals surface area (Å²) in [5, 5.41) is 1.51. The molecule has 3 aromatic heterocycles. The van der Waals surface area contributed by atoms with Gasteiger partial charge in [0, 0.05) is 178 Å². The van der Waals surface area contributed by atoms with E-state index in [1.165, 1.54) is 23.9 Å². The SMILES string of the molecule is [C-]#[N+]CCOP(OC[C@H]1O[C@@H](n2ccc(=O)n(C(=O)c3cc(OC#CC#CC#CC#CC#CC#CC#CC#CC#CC#CC#C)cc(OC#CC#CC#CC#CC#CC#CC#CC#CC#CC#CC#C)c3)c2=O)C(O[Si](C)(C)C(C)(C)C)[C@H]1OC(=O)CCC(C)=O)O[C@@H]1C(O[Si](C)(C)C(C)(C)C)[C@H](n2cnc3c(=O)[nH]c(NC(=O)C(C)C)nc32)O[C@@H]1COC(c1ccccc1)(c1ccc(OC)cc1)c1ccc(OC)cc1. The third kappa shape index (κ3) is 32.7. The first-order chi connectivity index (χ1) is 70.2. The smallest absolute Gasteiger partial charge is 0.340 e. The molecular formula is C115H89N8O20PSi2. The molecule has 722 valence electrons. The molecule has 1 amide bonds. The number of ether oxygens (including phenoxy) is 8. The van der Waals surface area contributed by atoms with Gasteiger partial charge in [0.2, 0.25) is 18.4 Å². The summed E-state index contributed by atoms with van der Waals surface area (Å²) in [5.41, 5.74) is -3.30. The Kier molecular flexibility index (Phi) is 42.5. The molecule has 0 radical (unpaired) electrons. The summed E-state index contributed by atoms with van der Waals surface area (Å²) in [4.78, 5) is 116. The van der Waals surface area contributed by atoms with Gasteiger partial charge in [-0.25, -0.2) is 16.4 Å². The Hall–Kier alpha value is -18.3. The van der Waals surface area contributed by atoms with Gasteiger partial charge in [-0.1, -0.05) is 110 Å². The Morgan fingerprint density at radius 2 is 0.959 bits per heavy atom. The van der Waals surface area contributed by atoms with Crippen LogP contribution in [0.1, 0.15) is 115 Å². The second kappa shape index (κ2) is 55.7. The van der Waals surface area contributed by atoms with Crippen molar-refractivity contribution >= 4 is 65.9 Å². The number of aromatic amines is 1. The van der Waals surface area contributed by atoms with Gasteiger partial charge in [-0.05, 0) is 191 Å². The number of hydrogen-bond donors (Lipinski definition) is 2. The number of anilines is 1. The normalized spacial score (nSPS) is 15.2. The van der Waals surface area contributed by atoms with E-state index in [0.29, 0.717) is 32.8 Å². The molecule has 0 saturated carbocycles. The summed E-state index contributed by atoms with van der Waals surface area (Å²) in [6.07, 6.45) is 4.98. The van der Waals surface area contributed by atoms with Gasteiger partial charge in [-0.3, -0.25) is 43.4 Å². The maximum atomic E-state index is 15.8. The van der Waals surface area contributed by atoms with Crippen LogP contribution < -0.4 is 41.1 Å². The van der Waals surface area contributed by atoms with Crippen molar-refractivity contribution in [2.24, 2.45) is 5.92 Å². The number of hydrogen-bond acceptors (Lipinski definition) is 22. The Labute approximate surface area is 852 Å². The van der Waals surface area contributed by atoms with E-state index in [9.17, 15) is 24.0 Å². The maximum Gasteiger partial charge on any atom is 0.340 e. The highest BCUT2D eigenvalue weighted by Gasteiger charge is 2.57. The molecule has 31 heteroatoms. The number of aromatic nitrogens is 6. The number of fused-ring (bicyclic) bond motifs is 1. The van der Waals surface area contributed by atoms with E-state index >= 15 is 9.59 Å². The van der Waals surface area contributed by atoms with Gasteiger partial charge in [0.25, 0.3) is 17.0 Å². The number of nitrogens with zero attached hydrogens (tertiary/aromatic N) is 6. The zero-order chi connectivity index (χ0) is 106. The quantitative estimate of drug-likeness (QED) is 0.00775. The van der Waals surface area contributed by atoms with Crippen molar-refractivity contribution in [1.29, 1.82) is 0 Å². The number of Topliss-reactive ketones (excluding diaryl/α,β-unsaturated/α-hetero) is 1. The number of ketones is 1. The zero-order valence-electron chi connectivity index (χ0n) is 81.9. The summed E-state index contributed by atoms with van der Waals surface area (Å²) in [5.74, 6) is 95.3. The van der Waals surface area contributed by atoms with Gasteiger partial charge in [-0.15, -0.1) is 12.8 Å². The van der Waals surface area contributed by atoms with Gasteiger partial charge in [0.05, 0.1) is 40.2 Å². The van der Waals surface area contributed by atoms with Gasteiger partial charge in [-0.2, -0.15) is 9.55 Å². The second-order valence-electron chi connectivity index (χ2n) is 33.6. The molecular weight excluding hydrogens is 1900 g/mol. The van der Waals surface area contributed by atoms with Crippen LogP contribution in [0.15, 0.2) is 130 Å². The molecule has 4 aromatic carbocycles. The van der Waals surface area contributed by atoms with Crippen molar-refractivity contribution in [3.8, 4) is 285 Å². The lowest BCUT2D eigenvalue weighted by Crippen LogP contribution is -2.51. The molecule has 2 aliphatic heterocycles. The van der Waals surface area contributed by atoms with Gasteiger partial charge in [0.1, 0.15) is 83.7 Å². The molecule has 3 unspecified atom stereocenters. The number of esters is 1. The van der Waals surface area contributed by atoms with E-state index in [0.717, 1.165) is 29.0 Å². The number of amides is 1. The summed E-state index contributed by atoms with van der Waals surface area (Å²) < 4.78 is 89.9. The molecule has 28 nitrogen and oxygen atoms in total. The highest BCUT2D eigenvalue weighted by molar-refractivity contribution is 7.41. The minimum atomic E-state index is -3.23. The minimum Gasteiger partial charge on any atom is -0.497 e. The van der Waals surface area contributed by atoms with Crippen LogP contribution in [0.25, 0.3) is 16.0 Å². The average molecular weight is 1990 g/mol. The van der Waals surface area contributed by atoms with Crippen molar-refractivity contribution in [1.82, 2.24) is 28.7 Å². The Bertz CT molecular complexity index is 7700. The molecule has 0 spiro atoms. The van der Waals surface area contributed by atoms with Crippen molar-refractivity contribution in [2.75, 3.05) is 45.9 Å². The fourth-order valence-electron chi connectivity index (χ4n) is 12.6. The maximum absolute atomic E-state index is 15.8. The Morgan fingerprint density at radius 1 is 0.534 bits per heavy atom. The highest BCUT2D eigenvalue weighted by Crippen LogP contribution is 2.52. The molecule has 2 fully saturated rings. The summed E-state index contributed by atoms with van der Waals surface area (Å²) in [6.45, 7) is 30.7. The lowest BCUT2D eigenvalue weighted by Gasteiger charge is -2.41. The minimum absolute atomic E-state index is 0.0334. The van der Waals surface area contributed by atoms with Crippen LogP contribution in [0.5, 0.6) is 23.0 Å². The second-order valence-corrected chi connectivity index (χ2v) is 44.3. The first kappa shape index (κ1) is 111. The third-order valence-corrected chi connectivity index (χ3v) is 31.6. The van der Waals surface area contributed by atoms with E-state index in [2.05, 4.69) is 269 Å². The van der Waals surface area contributed by atoms with E-state index in [4.69, 9.17) is 84.7 Å². The number of carbonyl (C=O) groups excluding carboxylic acids is 4. The number of benzene rings is 4. The summed E-state index contributed by atoms with van der Waals surface area (Å²) >= 11 is 0. The molecule has 5 heterocycles. The molecule has 9 atom stereocenters. The van der Waals surface area contributed by atoms with Crippen LogP contribution in [-0.2, 0) is 61.4 Å². The van der Waals surface area contributed by atoms with E-state index in [1.54, 1.807) is 52.3 Å². The zero-order valence-corrected chi connectivity index (χ0v) is 84.8. The molecule has 7 aromatic rings. The van der Waals surface area contributed by atoms with Gasteiger partial charge in [0.15, 0.2) is 46.4 Å². The molecule has 146 heavy (non-hydrogen) atoms. The third-order valence-electron chi connectivity index (χ3n) is 21.5. The number of carbonyl (C=O) groups is 4.